The molecule has 0 unspecified atom stereocenters. The van der Waals surface area contributed by atoms with Crippen LogP contribution in [0.25, 0.3) is 10.9 Å². The van der Waals surface area contributed by atoms with Crippen LogP contribution in [0.2, 0.25) is 0 Å². The van der Waals surface area contributed by atoms with E-state index < -0.39 is 0 Å². The second kappa shape index (κ2) is 5.43. The lowest BCUT2D eigenvalue weighted by atomic mass is 10.1. The van der Waals surface area contributed by atoms with Gasteiger partial charge in [0.15, 0.2) is 0 Å². The molecule has 0 radical (unpaired) electrons. The number of esters is 1. The smallest absolute Gasteiger partial charge is 0.338 e. The zero-order valence-electron chi connectivity index (χ0n) is 9.85. The molecule has 3 heteroatoms. The normalized spacial score (nSPS) is 10.4. The van der Waals surface area contributed by atoms with Crippen molar-refractivity contribution in [1.82, 2.24) is 4.98 Å². The van der Waals surface area contributed by atoms with Gasteiger partial charge in [-0.05, 0) is 18.6 Å². The van der Waals surface area contributed by atoms with Gasteiger partial charge < -0.3 is 4.74 Å². The second-order valence-electron chi connectivity index (χ2n) is 3.87. The van der Waals surface area contributed by atoms with E-state index in [4.69, 9.17) is 4.74 Å². The summed E-state index contributed by atoms with van der Waals surface area (Å²) in [6.45, 7) is 2.54. The summed E-state index contributed by atoms with van der Waals surface area (Å²) < 4.78 is 5.21. The van der Waals surface area contributed by atoms with Crippen LogP contribution in [0.3, 0.4) is 0 Å². The number of carbonyl (C=O) groups is 1. The predicted molar refractivity (Wildman–Crippen MR) is 66.9 cm³/mol. The van der Waals surface area contributed by atoms with Crippen molar-refractivity contribution in [2.75, 3.05) is 6.61 Å². The van der Waals surface area contributed by atoms with Crippen LogP contribution < -0.4 is 0 Å². The zero-order valence-corrected chi connectivity index (χ0v) is 9.85. The largest absolute Gasteiger partial charge is 0.462 e. The van der Waals surface area contributed by atoms with E-state index in [-0.39, 0.29) is 5.97 Å². The van der Waals surface area contributed by atoms with Crippen LogP contribution in [0, 0.1) is 0 Å². The fourth-order valence-corrected chi connectivity index (χ4v) is 1.66. The molecule has 1 aromatic carbocycles. The number of para-hydroxylation sites is 1. The molecule has 0 bridgehead atoms. The van der Waals surface area contributed by atoms with E-state index in [1.807, 2.05) is 24.3 Å². The van der Waals surface area contributed by atoms with Crippen molar-refractivity contribution in [2.45, 2.75) is 19.8 Å². The number of nitrogens with zero attached hydrogens (tertiary/aromatic N) is 1. The third-order valence-corrected chi connectivity index (χ3v) is 2.60. The molecule has 0 fully saturated rings. The van der Waals surface area contributed by atoms with Gasteiger partial charge in [0, 0.05) is 11.6 Å². The van der Waals surface area contributed by atoms with Crippen LogP contribution in [-0.2, 0) is 4.74 Å². The molecule has 1 aromatic heterocycles. The highest BCUT2D eigenvalue weighted by Gasteiger charge is 2.10. The molecular weight excluding hydrogens is 214 g/mol. The molecule has 0 saturated heterocycles. The number of unbranched alkanes of at least 4 members (excludes halogenated alkanes) is 1. The molecule has 0 atom stereocenters. The van der Waals surface area contributed by atoms with Gasteiger partial charge in [0.25, 0.3) is 0 Å². The van der Waals surface area contributed by atoms with Crippen LogP contribution in [0.4, 0.5) is 0 Å². The van der Waals surface area contributed by atoms with Crippen LogP contribution in [0.1, 0.15) is 30.1 Å². The Labute approximate surface area is 100 Å². The Bertz CT molecular complexity index is 517. The second-order valence-corrected chi connectivity index (χ2v) is 3.87. The first kappa shape index (κ1) is 11.6. The highest BCUT2D eigenvalue weighted by molar-refractivity contribution is 6.03. The van der Waals surface area contributed by atoms with E-state index in [0.29, 0.717) is 12.2 Å². The predicted octanol–water partition coefficient (Wildman–Crippen LogP) is 3.19. The van der Waals surface area contributed by atoms with Gasteiger partial charge in [0.05, 0.1) is 17.7 Å². The fraction of sp³-hybridized carbons (Fsp3) is 0.286. The maximum atomic E-state index is 11.9. The number of benzene rings is 1. The minimum Gasteiger partial charge on any atom is -0.462 e. The van der Waals surface area contributed by atoms with Gasteiger partial charge in [-0.3, -0.25) is 4.98 Å². The number of pyridine rings is 1. The molecule has 0 saturated carbocycles. The molecule has 0 aliphatic heterocycles. The number of aromatic nitrogens is 1. The quantitative estimate of drug-likeness (QED) is 0.597. The van der Waals surface area contributed by atoms with Crippen molar-refractivity contribution < 1.29 is 9.53 Å². The van der Waals surface area contributed by atoms with E-state index in [0.717, 1.165) is 23.7 Å². The first-order chi connectivity index (χ1) is 8.33. The van der Waals surface area contributed by atoms with Crippen molar-refractivity contribution in [3.8, 4) is 0 Å². The summed E-state index contributed by atoms with van der Waals surface area (Å²) in [5.74, 6) is -0.267. The number of hydrogen-bond donors (Lipinski definition) is 0. The summed E-state index contributed by atoms with van der Waals surface area (Å²) in [6.07, 6.45) is 3.55. The topological polar surface area (TPSA) is 39.2 Å². The first-order valence-electron chi connectivity index (χ1n) is 5.84. The number of carbonyl (C=O) groups excluding carboxylic acids is 1. The van der Waals surface area contributed by atoms with Crippen LogP contribution in [0.5, 0.6) is 0 Å². The molecule has 0 aliphatic carbocycles. The molecule has 2 rings (SSSR count). The van der Waals surface area contributed by atoms with Crippen LogP contribution in [0.15, 0.2) is 36.5 Å². The number of hydrogen-bond acceptors (Lipinski definition) is 3. The average Bonchev–Trinajstić information content (AvgIpc) is 2.38. The van der Waals surface area contributed by atoms with Crippen molar-refractivity contribution >= 4 is 16.9 Å². The van der Waals surface area contributed by atoms with E-state index in [2.05, 4.69) is 11.9 Å². The maximum Gasteiger partial charge on any atom is 0.338 e. The van der Waals surface area contributed by atoms with Crippen molar-refractivity contribution in [2.24, 2.45) is 0 Å². The molecule has 3 nitrogen and oxygen atoms in total. The van der Waals surface area contributed by atoms with E-state index >= 15 is 0 Å². The van der Waals surface area contributed by atoms with Gasteiger partial charge >= 0.3 is 5.97 Å². The highest BCUT2D eigenvalue weighted by atomic mass is 16.5. The highest BCUT2D eigenvalue weighted by Crippen LogP contribution is 2.17. The lowest BCUT2D eigenvalue weighted by Gasteiger charge is -2.06. The van der Waals surface area contributed by atoms with Crippen molar-refractivity contribution in [1.29, 1.82) is 0 Å². The molecule has 17 heavy (non-hydrogen) atoms. The average molecular weight is 229 g/mol. The Hall–Kier alpha value is -1.90. The molecule has 0 N–H and O–H groups in total. The Balaban J connectivity index is 2.26. The van der Waals surface area contributed by atoms with Gasteiger partial charge in [-0.25, -0.2) is 4.79 Å². The molecule has 2 aromatic rings. The summed E-state index contributed by atoms with van der Waals surface area (Å²) in [5.41, 5.74) is 1.41. The van der Waals surface area contributed by atoms with Crippen molar-refractivity contribution in [3.63, 3.8) is 0 Å². The van der Waals surface area contributed by atoms with Gasteiger partial charge in [-0.2, -0.15) is 0 Å². The first-order valence-corrected chi connectivity index (χ1v) is 5.84. The van der Waals surface area contributed by atoms with Gasteiger partial charge in [-0.1, -0.05) is 31.5 Å². The maximum absolute atomic E-state index is 11.9. The number of ether oxygens (including phenoxy) is 1. The Kier molecular flexibility index (Phi) is 3.70. The van der Waals surface area contributed by atoms with Crippen molar-refractivity contribution in [3.05, 3.63) is 42.1 Å². The molecule has 1 heterocycles. The van der Waals surface area contributed by atoms with E-state index in [9.17, 15) is 4.79 Å². The lowest BCUT2D eigenvalue weighted by molar-refractivity contribution is 0.0502. The summed E-state index contributed by atoms with van der Waals surface area (Å²) in [7, 11) is 0. The van der Waals surface area contributed by atoms with Gasteiger partial charge in [0.2, 0.25) is 0 Å². The number of rotatable bonds is 4. The standard InChI is InChI=1S/C14H15NO2/c1-2-3-10-17-14(16)12-8-9-15-13-7-5-4-6-11(12)13/h4-9H,2-3,10H2,1H3. The van der Waals surface area contributed by atoms with Crippen LogP contribution in [-0.4, -0.2) is 17.6 Å². The fourth-order valence-electron chi connectivity index (χ4n) is 1.66. The third kappa shape index (κ3) is 2.61. The zero-order chi connectivity index (χ0) is 12.1. The summed E-state index contributed by atoms with van der Waals surface area (Å²) in [4.78, 5) is 16.1. The van der Waals surface area contributed by atoms with Gasteiger partial charge in [-0.15, -0.1) is 0 Å². The van der Waals surface area contributed by atoms with E-state index in [1.54, 1.807) is 12.3 Å². The minimum absolute atomic E-state index is 0.267. The molecular formula is C14H15NO2. The molecule has 0 aliphatic rings. The molecule has 0 spiro atoms. The lowest BCUT2D eigenvalue weighted by Crippen LogP contribution is -2.07. The summed E-state index contributed by atoms with van der Waals surface area (Å²) in [5, 5.41) is 0.844. The molecule has 0 amide bonds. The summed E-state index contributed by atoms with van der Waals surface area (Å²) in [6, 6.07) is 9.28. The summed E-state index contributed by atoms with van der Waals surface area (Å²) >= 11 is 0. The number of fused-ring (bicyclic) bond motifs is 1. The van der Waals surface area contributed by atoms with E-state index in [1.165, 1.54) is 0 Å². The molecule has 88 valence electrons. The SMILES string of the molecule is CCCCOC(=O)c1ccnc2ccccc12. The Morgan fingerprint density at radius 2 is 2.12 bits per heavy atom. The Morgan fingerprint density at radius 3 is 2.94 bits per heavy atom. The third-order valence-electron chi connectivity index (χ3n) is 2.60. The van der Waals surface area contributed by atoms with Gasteiger partial charge in [0.1, 0.15) is 0 Å². The monoisotopic (exact) mass is 229 g/mol. The Morgan fingerprint density at radius 1 is 1.29 bits per heavy atom. The van der Waals surface area contributed by atoms with Crippen LogP contribution >= 0.6 is 0 Å². The minimum atomic E-state index is -0.267.